The van der Waals surface area contributed by atoms with Crippen molar-refractivity contribution in [2.75, 3.05) is 13.7 Å². The Kier molecular flexibility index (Phi) is 12.4. The van der Waals surface area contributed by atoms with Gasteiger partial charge in [-0.2, -0.15) is 0 Å². The number of hydrazine groups is 1. The molecule has 3 heterocycles. The average molecular weight is 635 g/mol. The van der Waals surface area contributed by atoms with Gasteiger partial charge in [0.15, 0.2) is 0 Å². The van der Waals surface area contributed by atoms with Gasteiger partial charge in [-0.25, -0.2) is 5.43 Å². The summed E-state index contributed by atoms with van der Waals surface area (Å²) in [5.74, 6) is -2.69. The van der Waals surface area contributed by atoms with Crippen LogP contribution in [0.2, 0.25) is 0 Å². The number of methoxy groups -OCH3 is 1. The fourth-order valence-electron chi connectivity index (χ4n) is 5.92. The predicted octanol–water partition coefficient (Wildman–Crippen LogP) is 3.74. The fraction of sp³-hybridized carbons (Fsp3) is 0.514. The van der Waals surface area contributed by atoms with Crippen LogP contribution in [0, 0.1) is 17.8 Å². The number of amides is 2. The summed E-state index contributed by atoms with van der Waals surface area (Å²) in [7, 11) is 1.59. The van der Waals surface area contributed by atoms with Crippen molar-refractivity contribution < 1.29 is 33.8 Å². The third-order valence-corrected chi connectivity index (χ3v) is 8.76. The van der Waals surface area contributed by atoms with E-state index < -0.39 is 41.7 Å². The van der Waals surface area contributed by atoms with Crippen LogP contribution >= 0.6 is 0 Å². The summed E-state index contributed by atoms with van der Waals surface area (Å²) in [6.45, 7) is 5.89. The summed E-state index contributed by atoms with van der Waals surface area (Å²) in [6, 6.07) is 8.43. The van der Waals surface area contributed by atoms with Gasteiger partial charge < -0.3 is 19.9 Å². The molecule has 3 N–H and O–H groups in total. The van der Waals surface area contributed by atoms with Crippen LogP contribution in [0.15, 0.2) is 48.7 Å². The second-order valence-corrected chi connectivity index (χ2v) is 12.5. The Hall–Kier alpha value is -4.09. The molecule has 11 nitrogen and oxygen atoms in total. The molecular weight excluding hydrogens is 588 g/mol. The van der Waals surface area contributed by atoms with Crippen LogP contribution in [-0.4, -0.2) is 70.5 Å². The van der Waals surface area contributed by atoms with E-state index in [2.05, 4.69) is 15.7 Å². The van der Waals surface area contributed by atoms with Crippen molar-refractivity contribution in [3.63, 3.8) is 0 Å². The first kappa shape index (κ1) is 34.8. The number of carbonyl (C=O) groups excluding carboxylic acids is 4. The van der Waals surface area contributed by atoms with Crippen molar-refractivity contribution in [1.29, 1.82) is 0 Å². The molecule has 0 spiro atoms. The second kappa shape index (κ2) is 16.5. The highest BCUT2D eigenvalue weighted by atomic mass is 16.5. The monoisotopic (exact) mass is 634 g/mol. The number of rotatable bonds is 4. The van der Waals surface area contributed by atoms with E-state index in [9.17, 15) is 24.3 Å². The quantitative estimate of drug-likeness (QED) is 0.428. The van der Waals surface area contributed by atoms with Crippen LogP contribution in [-0.2, 0) is 41.7 Å². The summed E-state index contributed by atoms with van der Waals surface area (Å²) in [5.41, 5.74) is 5.14. The van der Waals surface area contributed by atoms with Crippen molar-refractivity contribution in [1.82, 2.24) is 20.7 Å². The van der Waals surface area contributed by atoms with E-state index in [-0.39, 0.29) is 43.0 Å². The number of phenolic OH excluding ortho intramolecular Hbond substituents is 1. The van der Waals surface area contributed by atoms with Gasteiger partial charge in [-0.1, -0.05) is 45.1 Å². The average Bonchev–Trinajstić information content (AvgIpc) is 3.04. The van der Waals surface area contributed by atoms with Gasteiger partial charge in [-0.3, -0.25) is 29.2 Å². The van der Waals surface area contributed by atoms with Gasteiger partial charge in [-0.05, 0) is 67.0 Å². The minimum Gasteiger partial charge on any atom is -0.508 e. The molecule has 0 saturated carbocycles. The number of cyclic esters (lactones) is 1. The second-order valence-electron chi connectivity index (χ2n) is 12.5. The van der Waals surface area contributed by atoms with Crippen LogP contribution in [0.3, 0.4) is 0 Å². The Morgan fingerprint density at radius 1 is 1.13 bits per heavy atom. The lowest BCUT2D eigenvalue weighted by atomic mass is 9.84. The maximum Gasteiger partial charge on any atom is 0.325 e. The number of benzene rings is 1. The topological polar surface area (TPSA) is 147 Å². The Labute approximate surface area is 270 Å². The molecular formula is C35H46N4O7. The lowest BCUT2D eigenvalue weighted by Gasteiger charge is -2.35. The maximum absolute atomic E-state index is 14.0. The molecule has 46 heavy (non-hydrogen) atoms. The van der Waals surface area contributed by atoms with E-state index >= 15 is 0 Å². The number of ether oxygens (including phenoxy) is 2. The number of hydrogen-bond acceptors (Lipinski definition) is 9. The third kappa shape index (κ3) is 9.46. The standard InChI is InChI=1S/C35H46N4O7/c1-22(2)28-20-31(41)23(3)32(45-4)13-6-5-9-24-14-15-36-26(17-24)21-46-35(44)29-12-8-16-39(38-29)34(43)30(37-33(28)42)19-25-10-7-11-27(40)18-25/h5,7,9-11,14-15,17-18,22-23,28-30,32,38,40H,6,8,12-13,16,19-21H2,1-4H3,(H,37,42)/b9-5+/t23-,28-,29-,30-,32+/m0/s1. The van der Waals surface area contributed by atoms with Gasteiger partial charge in [0.25, 0.3) is 5.91 Å². The Bertz CT molecular complexity index is 1410. The van der Waals surface area contributed by atoms with Crippen molar-refractivity contribution in [3.05, 3.63) is 65.5 Å². The first-order valence-corrected chi connectivity index (χ1v) is 16.0. The van der Waals surface area contributed by atoms with E-state index in [4.69, 9.17) is 9.47 Å². The minimum atomic E-state index is -1.02. The number of fused-ring (bicyclic) bond motifs is 4. The highest BCUT2D eigenvalue weighted by Crippen LogP contribution is 2.24. The lowest BCUT2D eigenvalue weighted by Crippen LogP contribution is -2.60. The molecule has 2 aliphatic rings. The predicted molar refractivity (Wildman–Crippen MR) is 172 cm³/mol. The van der Waals surface area contributed by atoms with E-state index in [0.717, 1.165) is 5.56 Å². The first-order chi connectivity index (χ1) is 22.0. The van der Waals surface area contributed by atoms with Crippen LogP contribution in [0.5, 0.6) is 5.75 Å². The summed E-state index contributed by atoms with van der Waals surface area (Å²) in [5, 5.41) is 14.3. The van der Waals surface area contributed by atoms with Gasteiger partial charge >= 0.3 is 5.97 Å². The lowest BCUT2D eigenvalue weighted by molar-refractivity contribution is -0.154. The molecule has 2 aliphatic heterocycles. The molecule has 2 aromatic rings. The molecule has 11 heteroatoms. The zero-order valence-corrected chi connectivity index (χ0v) is 27.1. The number of allylic oxidation sites excluding steroid dienone is 1. The Balaban J connectivity index is 1.64. The Morgan fingerprint density at radius 2 is 1.93 bits per heavy atom. The van der Waals surface area contributed by atoms with Gasteiger partial charge in [0.1, 0.15) is 30.2 Å². The highest BCUT2D eigenvalue weighted by molar-refractivity contribution is 5.92. The number of hydrogen-bond donors (Lipinski definition) is 3. The van der Waals surface area contributed by atoms with Crippen LogP contribution < -0.4 is 10.7 Å². The third-order valence-electron chi connectivity index (χ3n) is 8.76. The normalized spacial score (nSPS) is 26.5. The van der Waals surface area contributed by atoms with E-state index in [1.54, 1.807) is 31.5 Å². The smallest absolute Gasteiger partial charge is 0.325 e. The van der Waals surface area contributed by atoms with Crippen LogP contribution in [0.25, 0.3) is 6.08 Å². The number of carbonyl (C=O) groups is 4. The maximum atomic E-state index is 14.0. The molecule has 1 aromatic carbocycles. The SMILES string of the molecule is CO[C@@H]1CC/C=C/c2ccnc(c2)COC(=O)[C@@H]2CCCN(N2)C(=O)[C@H](Cc2cccc(O)c2)NC(=O)[C@H](C(C)C)CC(=O)[C@@H]1C. The number of esters is 1. The zero-order chi connectivity index (χ0) is 33.2. The molecule has 1 aromatic heterocycles. The van der Waals surface area contributed by atoms with E-state index in [1.807, 2.05) is 45.1 Å². The van der Waals surface area contributed by atoms with Gasteiger partial charge in [0.2, 0.25) is 5.91 Å². The number of nitrogens with one attached hydrogen (secondary N) is 2. The van der Waals surface area contributed by atoms with Crippen molar-refractivity contribution in [2.24, 2.45) is 17.8 Å². The van der Waals surface area contributed by atoms with Gasteiger partial charge in [0, 0.05) is 44.5 Å². The molecule has 1 saturated heterocycles. The molecule has 248 valence electrons. The van der Waals surface area contributed by atoms with Crippen LogP contribution in [0.4, 0.5) is 0 Å². The highest BCUT2D eigenvalue weighted by Gasteiger charge is 2.36. The number of aromatic hydroxyl groups is 1. The van der Waals surface area contributed by atoms with Crippen molar-refractivity contribution in [2.45, 2.75) is 84.1 Å². The summed E-state index contributed by atoms with van der Waals surface area (Å²) >= 11 is 0. The van der Waals surface area contributed by atoms with Gasteiger partial charge in [0.05, 0.1) is 11.8 Å². The van der Waals surface area contributed by atoms with Gasteiger partial charge in [-0.15, -0.1) is 0 Å². The van der Waals surface area contributed by atoms with Crippen LogP contribution in [0.1, 0.15) is 69.7 Å². The molecule has 4 bridgehead atoms. The molecule has 4 rings (SSSR count). The van der Waals surface area contributed by atoms with E-state index in [0.29, 0.717) is 43.5 Å². The largest absolute Gasteiger partial charge is 0.508 e. The first-order valence-electron chi connectivity index (χ1n) is 16.0. The summed E-state index contributed by atoms with van der Waals surface area (Å²) in [6.07, 6.45) is 7.68. The van der Waals surface area contributed by atoms with E-state index in [1.165, 1.54) is 11.1 Å². The summed E-state index contributed by atoms with van der Waals surface area (Å²) in [4.78, 5) is 58.7. The minimum absolute atomic E-state index is 0.00305. The molecule has 5 atom stereocenters. The Morgan fingerprint density at radius 3 is 2.67 bits per heavy atom. The molecule has 0 unspecified atom stereocenters. The zero-order valence-electron chi connectivity index (χ0n) is 27.1. The van der Waals surface area contributed by atoms with Crippen molar-refractivity contribution >= 4 is 29.6 Å². The molecule has 1 fully saturated rings. The number of phenols is 1. The number of Topliss-reactive ketones (excluding diaryl/α,β-unsaturated/α-hetero) is 1. The molecule has 0 radical (unpaired) electrons. The molecule has 2 amide bonds. The number of ketones is 1. The number of aromatic nitrogens is 1. The number of nitrogens with zero attached hydrogens (tertiary/aromatic N) is 2. The summed E-state index contributed by atoms with van der Waals surface area (Å²) < 4.78 is 11.3. The number of pyridine rings is 1. The molecule has 0 aliphatic carbocycles. The fourth-order valence-corrected chi connectivity index (χ4v) is 5.92. The van der Waals surface area contributed by atoms with Crippen molar-refractivity contribution in [3.8, 4) is 5.75 Å².